The predicted molar refractivity (Wildman–Crippen MR) is 116 cm³/mol. The maximum atomic E-state index is 2.58. The number of fused-ring (bicyclic) bond motifs is 2. The van der Waals surface area contributed by atoms with Crippen molar-refractivity contribution in [2.24, 2.45) is 11.3 Å². The van der Waals surface area contributed by atoms with Gasteiger partial charge in [-0.25, -0.2) is 4.58 Å². The molecule has 1 aromatic carbocycles. The second kappa shape index (κ2) is 6.36. The van der Waals surface area contributed by atoms with Gasteiger partial charge in [-0.3, -0.25) is 0 Å². The lowest BCUT2D eigenvalue weighted by Crippen LogP contribution is -2.34. The van der Waals surface area contributed by atoms with E-state index in [1.165, 1.54) is 48.3 Å². The van der Waals surface area contributed by atoms with Crippen LogP contribution in [-0.4, -0.2) is 30.4 Å². The third-order valence-electron chi connectivity index (χ3n) is 7.64. The Morgan fingerprint density at radius 1 is 1.07 bits per heavy atom. The van der Waals surface area contributed by atoms with Crippen molar-refractivity contribution in [2.75, 3.05) is 19.0 Å². The smallest absolute Gasteiger partial charge is 0.182 e. The molecule has 0 amide bonds. The first kappa shape index (κ1) is 18.5. The fourth-order valence-corrected chi connectivity index (χ4v) is 6.10. The van der Waals surface area contributed by atoms with Crippen LogP contribution in [0.1, 0.15) is 58.9 Å². The van der Waals surface area contributed by atoms with Crippen LogP contribution in [0.3, 0.4) is 0 Å². The maximum absolute atomic E-state index is 2.58. The number of allylic oxidation sites excluding steroid dienone is 4. The average Bonchev–Trinajstić information content (AvgIpc) is 2.96. The van der Waals surface area contributed by atoms with E-state index in [0.717, 1.165) is 12.0 Å². The summed E-state index contributed by atoms with van der Waals surface area (Å²) in [6.45, 7) is 9.58. The molecular formula is C25H35N2+. The van der Waals surface area contributed by atoms with Crippen molar-refractivity contribution in [1.29, 1.82) is 0 Å². The first-order valence-electron chi connectivity index (χ1n) is 10.6. The predicted octanol–water partition coefficient (Wildman–Crippen LogP) is 5.54. The minimum absolute atomic E-state index is 0.0471. The monoisotopic (exact) mass is 363 g/mol. The number of rotatable bonds is 2. The molecule has 0 bridgehead atoms. The Morgan fingerprint density at radius 2 is 1.78 bits per heavy atom. The Bertz CT molecular complexity index is 838. The van der Waals surface area contributed by atoms with E-state index < -0.39 is 0 Å². The molecule has 0 aromatic heterocycles. The van der Waals surface area contributed by atoms with Crippen LogP contribution in [0.2, 0.25) is 0 Å². The van der Waals surface area contributed by atoms with Crippen LogP contribution in [0.25, 0.3) is 0 Å². The van der Waals surface area contributed by atoms with E-state index in [0.29, 0.717) is 0 Å². The van der Waals surface area contributed by atoms with Crippen molar-refractivity contribution in [3.05, 3.63) is 53.8 Å². The molecule has 1 aromatic rings. The van der Waals surface area contributed by atoms with Gasteiger partial charge in [-0.05, 0) is 44.4 Å². The maximum Gasteiger partial charge on any atom is 0.182 e. The van der Waals surface area contributed by atoms with Crippen LogP contribution in [0, 0.1) is 11.3 Å². The molecule has 27 heavy (non-hydrogen) atoms. The fraction of sp³-hybridized carbons (Fsp3) is 0.560. The summed E-state index contributed by atoms with van der Waals surface area (Å²) in [6, 6.07) is 9.52. The van der Waals surface area contributed by atoms with Gasteiger partial charge in [0.2, 0.25) is 0 Å². The van der Waals surface area contributed by atoms with Crippen molar-refractivity contribution in [2.45, 2.75) is 64.8 Å². The summed E-state index contributed by atoms with van der Waals surface area (Å²) in [5.41, 5.74) is 5.95. The van der Waals surface area contributed by atoms with E-state index >= 15 is 0 Å². The zero-order valence-corrected chi connectivity index (χ0v) is 17.9. The zero-order valence-electron chi connectivity index (χ0n) is 17.9. The standard InChI is InChI=1S/C25H35N2/c1-24(2)18-12-7-9-14-20(18)26(5)22(24)16-11-17-23-25(3,4)19-13-8-10-15-21(19)27(23)6/h7,9,11-12,14,16-17,19,21H,8,10,13,15H2,1-6H3/q+1. The van der Waals surface area contributed by atoms with E-state index in [9.17, 15) is 0 Å². The molecule has 0 saturated heterocycles. The Labute approximate surface area is 165 Å². The molecule has 144 valence electrons. The van der Waals surface area contributed by atoms with Gasteiger partial charge in [-0.15, -0.1) is 0 Å². The fourth-order valence-electron chi connectivity index (χ4n) is 6.10. The van der Waals surface area contributed by atoms with Gasteiger partial charge in [-0.2, -0.15) is 0 Å². The third kappa shape index (κ3) is 2.71. The van der Waals surface area contributed by atoms with Gasteiger partial charge in [0, 0.05) is 42.3 Å². The molecule has 2 heteroatoms. The molecule has 0 N–H and O–H groups in total. The number of nitrogens with zero attached hydrogens (tertiary/aromatic N) is 2. The van der Waals surface area contributed by atoms with Crippen molar-refractivity contribution < 1.29 is 4.58 Å². The van der Waals surface area contributed by atoms with Gasteiger partial charge in [0.05, 0.1) is 5.41 Å². The van der Waals surface area contributed by atoms with Crippen molar-refractivity contribution in [3.8, 4) is 0 Å². The molecule has 4 rings (SSSR count). The largest absolute Gasteiger partial charge is 0.347 e. The molecule has 1 aliphatic carbocycles. The first-order valence-corrected chi connectivity index (χ1v) is 10.6. The van der Waals surface area contributed by atoms with Crippen LogP contribution >= 0.6 is 0 Å². The number of hydrogen-bond donors (Lipinski definition) is 0. The molecule has 0 radical (unpaired) electrons. The Hall–Kier alpha value is -1.83. The quantitative estimate of drug-likeness (QED) is 0.626. The van der Waals surface area contributed by atoms with Crippen LogP contribution in [0.5, 0.6) is 0 Å². The normalized spacial score (nSPS) is 30.3. The molecule has 3 aliphatic rings. The highest BCUT2D eigenvalue weighted by molar-refractivity contribution is 5.96. The minimum atomic E-state index is 0.0471. The molecular weight excluding hydrogens is 328 g/mol. The van der Waals surface area contributed by atoms with Crippen LogP contribution in [-0.2, 0) is 5.41 Å². The van der Waals surface area contributed by atoms with E-state index in [-0.39, 0.29) is 10.8 Å². The third-order valence-corrected chi connectivity index (χ3v) is 7.64. The van der Waals surface area contributed by atoms with Gasteiger partial charge in [-0.1, -0.05) is 44.5 Å². The lowest BCUT2D eigenvalue weighted by molar-refractivity contribution is -0.538. The Balaban J connectivity index is 1.65. The summed E-state index contributed by atoms with van der Waals surface area (Å²) in [5.74, 6) is 0.804. The number of benzene rings is 1. The SMILES string of the molecule is CN1/C(=C\C=C\C2=[N+](C)C3CCCCC3C2(C)C)C(C)(C)c2ccccc21. The number of anilines is 1. The van der Waals surface area contributed by atoms with Crippen molar-refractivity contribution in [1.82, 2.24) is 0 Å². The van der Waals surface area contributed by atoms with Gasteiger partial charge >= 0.3 is 0 Å². The molecule has 0 spiro atoms. The summed E-state index contributed by atoms with van der Waals surface area (Å²) in [6.07, 6.45) is 12.5. The lowest BCUT2D eigenvalue weighted by atomic mass is 9.69. The van der Waals surface area contributed by atoms with Crippen molar-refractivity contribution in [3.63, 3.8) is 0 Å². The van der Waals surface area contributed by atoms with Crippen LogP contribution < -0.4 is 4.90 Å². The summed E-state index contributed by atoms with van der Waals surface area (Å²) < 4.78 is 2.58. The minimum Gasteiger partial charge on any atom is -0.347 e. The second-order valence-electron chi connectivity index (χ2n) is 9.79. The molecule has 2 heterocycles. The average molecular weight is 364 g/mol. The van der Waals surface area contributed by atoms with Crippen LogP contribution in [0.4, 0.5) is 5.69 Å². The van der Waals surface area contributed by atoms with Crippen molar-refractivity contribution >= 4 is 11.4 Å². The second-order valence-corrected chi connectivity index (χ2v) is 9.79. The highest BCUT2D eigenvalue weighted by atomic mass is 15.2. The van der Waals surface area contributed by atoms with Gasteiger partial charge in [0.25, 0.3) is 0 Å². The molecule has 2 aliphatic heterocycles. The Kier molecular flexibility index (Phi) is 4.36. The molecule has 2 atom stereocenters. The molecule has 2 nitrogen and oxygen atoms in total. The van der Waals surface area contributed by atoms with E-state index in [2.05, 4.69) is 93.8 Å². The van der Waals surface area contributed by atoms with E-state index in [1.54, 1.807) is 0 Å². The summed E-state index contributed by atoms with van der Waals surface area (Å²) in [7, 11) is 4.51. The molecule has 2 unspecified atom stereocenters. The van der Waals surface area contributed by atoms with Gasteiger partial charge < -0.3 is 4.90 Å². The highest BCUT2D eigenvalue weighted by Gasteiger charge is 2.53. The summed E-state index contributed by atoms with van der Waals surface area (Å²) >= 11 is 0. The lowest BCUT2D eigenvalue weighted by Gasteiger charge is -2.30. The first-order chi connectivity index (χ1) is 12.8. The summed E-state index contributed by atoms with van der Waals surface area (Å²) in [5, 5.41) is 0. The number of para-hydroxylation sites is 1. The van der Waals surface area contributed by atoms with Gasteiger partial charge in [0.15, 0.2) is 11.8 Å². The topological polar surface area (TPSA) is 6.25 Å². The summed E-state index contributed by atoms with van der Waals surface area (Å²) in [4.78, 5) is 2.35. The van der Waals surface area contributed by atoms with Crippen LogP contribution in [0.15, 0.2) is 48.2 Å². The van der Waals surface area contributed by atoms with E-state index in [1.807, 2.05) is 0 Å². The number of hydrogen-bond acceptors (Lipinski definition) is 1. The van der Waals surface area contributed by atoms with Gasteiger partial charge in [0.1, 0.15) is 7.05 Å². The number of likely N-dealkylation sites (N-methyl/N-ethyl adjacent to an activating group) is 1. The highest BCUT2D eigenvalue weighted by Crippen LogP contribution is 2.47. The molecule has 1 saturated carbocycles. The molecule has 1 fully saturated rings. The van der Waals surface area contributed by atoms with E-state index in [4.69, 9.17) is 0 Å². The zero-order chi connectivity index (χ0) is 19.4. The Morgan fingerprint density at radius 3 is 2.48 bits per heavy atom.